The van der Waals surface area contributed by atoms with E-state index in [9.17, 15) is 12.8 Å². The number of fused-ring (bicyclic) bond motifs is 1. The fraction of sp³-hybridized carbons (Fsp3) is 0.455. The van der Waals surface area contributed by atoms with Gasteiger partial charge in [-0.15, -0.1) is 0 Å². The number of nitrogens with zero attached hydrogens (tertiary/aromatic N) is 2. The van der Waals surface area contributed by atoms with Gasteiger partial charge in [-0.3, -0.25) is 4.90 Å². The monoisotopic (exact) mass is 402 g/mol. The minimum atomic E-state index is -3.63. The summed E-state index contributed by atoms with van der Waals surface area (Å²) in [5.74, 6) is -0.00485. The van der Waals surface area contributed by atoms with Crippen molar-refractivity contribution in [2.75, 3.05) is 26.2 Å². The van der Waals surface area contributed by atoms with Crippen molar-refractivity contribution in [1.29, 1.82) is 0 Å². The summed E-state index contributed by atoms with van der Waals surface area (Å²) in [6, 6.07) is 12.6. The van der Waals surface area contributed by atoms with Crippen molar-refractivity contribution in [2.45, 2.75) is 37.6 Å². The molecule has 2 aromatic carbocycles. The maximum absolute atomic E-state index is 13.6. The summed E-state index contributed by atoms with van der Waals surface area (Å²) in [4.78, 5) is 2.59. The molecule has 0 aromatic heterocycles. The molecule has 1 fully saturated rings. The first kappa shape index (κ1) is 19.6. The number of hydrogen-bond donors (Lipinski definition) is 0. The standard InChI is InChI=1S/C22H27FN2O2S/c1-17-6-7-21(23)14-22(17)28(26,27)25-12-8-18(9-13-25)15-24-11-10-19-4-2-3-5-20(19)16-24/h2-7,14,18H,8-13,15-16H2,1H3. The first-order valence-electron chi connectivity index (χ1n) is 9.99. The highest BCUT2D eigenvalue weighted by Crippen LogP contribution is 2.28. The van der Waals surface area contributed by atoms with Gasteiger partial charge in [0, 0.05) is 32.7 Å². The molecule has 2 aliphatic rings. The highest BCUT2D eigenvalue weighted by molar-refractivity contribution is 7.89. The van der Waals surface area contributed by atoms with Gasteiger partial charge in [0.1, 0.15) is 5.82 Å². The van der Waals surface area contributed by atoms with Gasteiger partial charge in [0.15, 0.2) is 0 Å². The van der Waals surface area contributed by atoms with Gasteiger partial charge in [-0.2, -0.15) is 4.31 Å². The van der Waals surface area contributed by atoms with Crippen molar-refractivity contribution >= 4 is 10.0 Å². The lowest BCUT2D eigenvalue weighted by Gasteiger charge is -2.36. The van der Waals surface area contributed by atoms with E-state index in [1.807, 2.05) is 0 Å². The maximum atomic E-state index is 13.6. The molecule has 0 amide bonds. The first-order valence-corrected chi connectivity index (χ1v) is 11.4. The molecule has 2 aliphatic heterocycles. The Labute approximate surface area is 167 Å². The van der Waals surface area contributed by atoms with Gasteiger partial charge < -0.3 is 0 Å². The minimum absolute atomic E-state index is 0.0959. The number of piperidine rings is 1. The van der Waals surface area contributed by atoms with Crippen molar-refractivity contribution in [3.8, 4) is 0 Å². The van der Waals surface area contributed by atoms with E-state index in [0.29, 0.717) is 24.6 Å². The Morgan fingerprint density at radius 1 is 1.04 bits per heavy atom. The van der Waals surface area contributed by atoms with E-state index in [0.717, 1.165) is 45.0 Å². The zero-order chi connectivity index (χ0) is 19.7. The Kier molecular flexibility index (Phi) is 5.54. The van der Waals surface area contributed by atoms with Gasteiger partial charge in [0.05, 0.1) is 4.90 Å². The normalized spacial score (nSPS) is 19.5. The van der Waals surface area contributed by atoms with Crippen LogP contribution in [0.25, 0.3) is 0 Å². The zero-order valence-electron chi connectivity index (χ0n) is 16.3. The minimum Gasteiger partial charge on any atom is -0.298 e. The molecular weight excluding hydrogens is 375 g/mol. The van der Waals surface area contributed by atoms with Crippen LogP contribution in [0.4, 0.5) is 4.39 Å². The predicted molar refractivity (Wildman–Crippen MR) is 108 cm³/mol. The van der Waals surface area contributed by atoms with Crippen LogP contribution in [0.15, 0.2) is 47.4 Å². The van der Waals surface area contributed by atoms with Gasteiger partial charge in [-0.05, 0) is 60.9 Å². The summed E-state index contributed by atoms with van der Waals surface area (Å²) in [6.45, 7) is 5.80. The van der Waals surface area contributed by atoms with Crippen LogP contribution in [-0.4, -0.2) is 43.8 Å². The molecule has 4 rings (SSSR count). The van der Waals surface area contributed by atoms with E-state index in [1.165, 1.54) is 27.6 Å². The van der Waals surface area contributed by atoms with Crippen molar-refractivity contribution in [3.63, 3.8) is 0 Å². The summed E-state index contributed by atoms with van der Waals surface area (Å²) in [5, 5.41) is 0. The number of aryl methyl sites for hydroxylation is 1. The van der Waals surface area contributed by atoms with Gasteiger partial charge in [-0.1, -0.05) is 30.3 Å². The van der Waals surface area contributed by atoms with E-state index in [1.54, 1.807) is 6.92 Å². The molecule has 2 aromatic rings. The van der Waals surface area contributed by atoms with Crippen LogP contribution in [0.5, 0.6) is 0 Å². The van der Waals surface area contributed by atoms with Crippen molar-refractivity contribution in [1.82, 2.24) is 9.21 Å². The zero-order valence-corrected chi connectivity index (χ0v) is 17.1. The van der Waals surface area contributed by atoms with E-state index >= 15 is 0 Å². The SMILES string of the molecule is Cc1ccc(F)cc1S(=O)(=O)N1CCC(CN2CCc3ccccc3C2)CC1. The molecule has 28 heavy (non-hydrogen) atoms. The van der Waals surface area contributed by atoms with Crippen molar-refractivity contribution < 1.29 is 12.8 Å². The van der Waals surface area contributed by atoms with E-state index in [4.69, 9.17) is 0 Å². The second-order valence-corrected chi connectivity index (χ2v) is 9.92. The Hall–Kier alpha value is -1.76. The fourth-order valence-corrected chi connectivity index (χ4v) is 6.10. The molecule has 150 valence electrons. The second-order valence-electron chi connectivity index (χ2n) is 8.01. The van der Waals surface area contributed by atoms with Crippen LogP contribution in [0.1, 0.15) is 29.5 Å². The molecule has 0 radical (unpaired) electrons. The van der Waals surface area contributed by atoms with Crippen LogP contribution in [-0.2, 0) is 23.0 Å². The number of hydrogen-bond acceptors (Lipinski definition) is 3. The first-order chi connectivity index (χ1) is 13.4. The molecule has 0 spiro atoms. The Morgan fingerprint density at radius 2 is 1.75 bits per heavy atom. The molecule has 6 heteroatoms. The largest absolute Gasteiger partial charge is 0.298 e. The summed E-state index contributed by atoms with van der Waals surface area (Å²) in [5.41, 5.74) is 3.45. The molecule has 0 atom stereocenters. The van der Waals surface area contributed by atoms with Gasteiger partial charge in [0.2, 0.25) is 10.0 Å². The number of benzene rings is 2. The van der Waals surface area contributed by atoms with E-state index in [-0.39, 0.29) is 4.90 Å². The Bertz CT molecular complexity index is 953. The van der Waals surface area contributed by atoms with Crippen molar-refractivity contribution in [3.05, 3.63) is 65.0 Å². The Balaban J connectivity index is 1.37. The molecule has 2 heterocycles. The van der Waals surface area contributed by atoms with Crippen LogP contribution >= 0.6 is 0 Å². The number of halogens is 1. The van der Waals surface area contributed by atoms with Crippen LogP contribution in [0.2, 0.25) is 0 Å². The molecule has 1 saturated heterocycles. The lowest BCUT2D eigenvalue weighted by Crippen LogP contribution is -2.42. The van der Waals surface area contributed by atoms with Crippen LogP contribution in [0.3, 0.4) is 0 Å². The topological polar surface area (TPSA) is 40.6 Å². The average molecular weight is 403 g/mol. The maximum Gasteiger partial charge on any atom is 0.243 e. The molecular formula is C22H27FN2O2S. The fourth-order valence-electron chi connectivity index (χ4n) is 4.40. The lowest BCUT2D eigenvalue weighted by molar-refractivity contribution is 0.171. The third kappa shape index (κ3) is 4.00. The third-order valence-corrected chi connectivity index (χ3v) is 8.11. The average Bonchev–Trinajstić information content (AvgIpc) is 2.70. The van der Waals surface area contributed by atoms with Crippen LogP contribution in [0, 0.1) is 18.7 Å². The highest BCUT2D eigenvalue weighted by Gasteiger charge is 2.31. The highest BCUT2D eigenvalue weighted by atomic mass is 32.2. The third-order valence-electron chi connectivity index (χ3n) is 6.07. The second kappa shape index (κ2) is 7.93. The van der Waals surface area contributed by atoms with Crippen molar-refractivity contribution in [2.24, 2.45) is 5.92 Å². The molecule has 0 unspecified atom stereocenters. The van der Waals surface area contributed by atoms with Gasteiger partial charge in [-0.25, -0.2) is 12.8 Å². The quantitative estimate of drug-likeness (QED) is 0.785. The predicted octanol–water partition coefficient (Wildman–Crippen LogP) is 3.59. The number of sulfonamides is 1. The van der Waals surface area contributed by atoms with E-state index in [2.05, 4.69) is 29.2 Å². The lowest BCUT2D eigenvalue weighted by atomic mass is 9.94. The summed E-state index contributed by atoms with van der Waals surface area (Å²) < 4.78 is 41.0. The summed E-state index contributed by atoms with van der Waals surface area (Å²) in [6.07, 6.45) is 2.79. The van der Waals surface area contributed by atoms with Crippen LogP contribution < -0.4 is 0 Å². The number of rotatable bonds is 4. The molecule has 0 bridgehead atoms. The van der Waals surface area contributed by atoms with Gasteiger partial charge in [0.25, 0.3) is 0 Å². The molecule has 0 aliphatic carbocycles. The van der Waals surface area contributed by atoms with E-state index < -0.39 is 15.8 Å². The van der Waals surface area contributed by atoms with Gasteiger partial charge >= 0.3 is 0 Å². The smallest absolute Gasteiger partial charge is 0.243 e. The Morgan fingerprint density at radius 3 is 2.50 bits per heavy atom. The molecule has 4 nitrogen and oxygen atoms in total. The molecule has 0 saturated carbocycles. The molecule has 0 N–H and O–H groups in total. The summed E-state index contributed by atoms with van der Waals surface area (Å²) >= 11 is 0. The summed E-state index contributed by atoms with van der Waals surface area (Å²) in [7, 11) is -3.63.